The van der Waals surface area contributed by atoms with Gasteiger partial charge in [-0.2, -0.15) is 0 Å². The zero-order chi connectivity index (χ0) is 17.7. The van der Waals surface area contributed by atoms with Crippen molar-refractivity contribution in [2.45, 2.75) is 32.4 Å². The molecule has 25 heavy (non-hydrogen) atoms. The van der Waals surface area contributed by atoms with Gasteiger partial charge in [0.1, 0.15) is 11.2 Å². The topological polar surface area (TPSA) is 70.6 Å². The maximum atomic E-state index is 12.8. The number of carbonyl (C=O) groups is 1. The Balaban J connectivity index is 1.71. The number of aromatic hydroxyl groups is 1. The number of methoxy groups -OCH3 is 1. The molecule has 2 heterocycles. The summed E-state index contributed by atoms with van der Waals surface area (Å²) in [6.07, 6.45) is 2.84. The fourth-order valence-corrected chi connectivity index (χ4v) is 5.61. The zero-order valence-electron chi connectivity index (χ0n) is 14.0. The van der Waals surface area contributed by atoms with Gasteiger partial charge in [-0.15, -0.1) is 11.3 Å². The Kier molecular flexibility index (Phi) is 4.31. The third kappa shape index (κ3) is 2.87. The number of phenolic OH excluding ortho intramolecular Hbond substituents is 1. The summed E-state index contributed by atoms with van der Waals surface area (Å²) >= 11 is 3.77. The molecule has 2 aliphatic rings. The summed E-state index contributed by atoms with van der Waals surface area (Å²) in [6.45, 7) is 2.27. The summed E-state index contributed by atoms with van der Waals surface area (Å²) in [5, 5.41) is 17.5. The van der Waals surface area contributed by atoms with Crippen molar-refractivity contribution in [3.8, 4) is 11.5 Å². The third-order valence-corrected chi connectivity index (χ3v) is 6.90. The first-order valence-corrected chi connectivity index (χ1v) is 10.2. The highest BCUT2D eigenvalue weighted by Gasteiger charge is 2.33. The maximum Gasteiger partial charge on any atom is 0.256 e. The van der Waals surface area contributed by atoms with E-state index in [4.69, 9.17) is 4.74 Å². The second kappa shape index (κ2) is 6.35. The molecule has 7 heteroatoms. The lowest BCUT2D eigenvalue weighted by Crippen LogP contribution is -2.38. The molecule has 0 bridgehead atoms. The Hall–Kier alpha value is -1.48. The van der Waals surface area contributed by atoms with Crippen LogP contribution in [-0.4, -0.2) is 18.1 Å². The van der Waals surface area contributed by atoms with E-state index in [1.807, 2.05) is 6.07 Å². The summed E-state index contributed by atoms with van der Waals surface area (Å²) in [5.74, 6) is 1.18. The molecule has 1 aliphatic heterocycles. The van der Waals surface area contributed by atoms with E-state index in [0.717, 1.165) is 35.4 Å². The standard InChI is InChI=1S/C18H19IN2O3S/c1-8-3-4-10-13(5-8)25-18-14(10)17(23)20-16(21-18)9-6-11(19)15(22)12(7-9)24-2/h6-8,16,21-22H,3-5H2,1-2H3,(H,20,23)/t8-,16+/m0/s1. The monoisotopic (exact) mass is 470 g/mol. The molecule has 2 atom stereocenters. The van der Waals surface area contributed by atoms with E-state index in [1.165, 1.54) is 17.6 Å². The summed E-state index contributed by atoms with van der Waals surface area (Å²) < 4.78 is 5.93. The van der Waals surface area contributed by atoms with Crippen LogP contribution in [0.25, 0.3) is 0 Å². The normalized spacial score (nSPS) is 21.8. The Bertz CT molecular complexity index is 864. The Morgan fingerprint density at radius 1 is 1.36 bits per heavy atom. The quantitative estimate of drug-likeness (QED) is 0.580. The van der Waals surface area contributed by atoms with E-state index in [9.17, 15) is 9.90 Å². The Morgan fingerprint density at radius 2 is 2.16 bits per heavy atom. The second-order valence-corrected chi connectivity index (χ2v) is 8.93. The van der Waals surface area contributed by atoms with Crippen LogP contribution in [0.3, 0.4) is 0 Å². The van der Waals surface area contributed by atoms with Gasteiger partial charge in [-0.25, -0.2) is 0 Å². The Labute approximate surface area is 163 Å². The molecule has 4 rings (SSSR count). The van der Waals surface area contributed by atoms with Crippen LogP contribution in [0.1, 0.15) is 45.9 Å². The van der Waals surface area contributed by atoms with E-state index in [-0.39, 0.29) is 17.8 Å². The van der Waals surface area contributed by atoms with Gasteiger partial charge in [0.2, 0.25) is 0 Å². The van der Waals surface area contributed by atoms with Crippen LogP contribution in [0.5, 0.6) is 11.5 Å². The zero-order valence-corrected chi connectivity index (χ0v) is 17.0. The van der Waals surface area contributed by atoms with Crippen LogP contribution in [0.15, 0.2) is 12.1 Å². The summed E-state index contributed by atoms with van der Waals surface area (Å²) in [5.41, 5.74) is 2.90. The maximum absolute atomic E-state index is 12.8. The van der Waals surface area contributed by atoms with Gasteiger partial charge in [0.25, 0.3) is 5.91 Å². The number of benzene rings is 1. The van der Waals surface area contributed by atoms with E-state index >= 15 is 0 Å². The molecular formula is C18H19IN2O3S. The van der Waals surface area contributed by atoms with Crippen LogP contribution >= 0.6 is 33.9 Å². The molecule has 0 unspecified atom stereocenters. The molecule has 0 fully saturated rings. The highest BCUT2D eigenvalue weighted by molar-refractivity contribution is 14.1. The van der Waals surface area contributed by atoms with Crippen molar-refractivity contribution in [3.63, 3.8) is 0 Å². The Morgan fingerprint density at radius 3 is 2.92 bits per heavy atom. The fraction of sp³-hybridized carbons (Fsp3) is 0.389. The van der Waals surface area contributed by atoms with Crippen molar-refractivity contribution in [2.24, 2.45) is 5.92 Å². The molecule has 0 saturated carbocycles. The number of nitrogens with one attached hydrogen (secondary N) is 2. The van der Waals surface area contributed by atoms with Gasteiger partial charge in [0, 0.05) is 4.88 Å². The molecule has 5 nitrogen and oxygen atoms in total. The van der Waals surface area contributed by atoms with Crippen molar-refractivity contribution in [1.29, 1.82) is 0 Å². The molecule has 1 aliphatic carbocycles. The van der Waals surface area contributed by atoms with Gasteiger partial charge in [-0.3, -0.25) is 4.79 Å². The lowest BCUT2D eigenvalue weighted by atomic mass is 9.88. The van der Waals surface area contributed by atoms with Gasteiger partial charge in [0.15, 0.2) is 11.5 Å². The van der Waals surface area contributed by atoms with Gasteiger partial charge < -0.3 is 20.5 Å². The lowest BCUT2D eigenvalue weighted by Gasteiger charge is -2.27. The molecule has 0 radical (unpaired) electrons. The highest BCUT2D eigenvalue weighted by Crippen LogP contribution is 2.43. The SMILES string of the molecule is COc1cc([C@@H]2NC(=O)c3c(sc4c3CC[C@H](C)C4)N2)cc(I)c1O. The number of anilines is 1. The second-order valence-electron chi connectivity index (χ2n) is 6.66. The van der Waals surface area contributed by atoms with E-state index in [0.29, 0.717) is 15.2 Å². The van der Waals surface area contributed by atoms with Crippen molar-refractivity contribution in [2.75, 3.05) is 12.4 Å². The molecule has 0 spiro atoms. The van der Waals surface area contributed by atoms with Crippen molar-refractivity contribution < 1.29 is 14.6 Å². The molecule has 132 valence electrons. The number of thiophene rings is 1. The van der Waals surface area contributed by atoms with E-state index in [2.05, 4.69) is 40.1 Å². The minimum absolute atomic E-state index is 0.0205. The van der Waals surface area contributed by atoms with Crippen LogP contribution < -0.4 is 15.4 Å². The van der Waals surface area contributed by atoms with Crippen LogP contribution in [0.2, 0.25) is 0 Å². The summed E-state index contributed by atoms with van der Waals surface area (Å²) in [4.78, 5) is 14.1. The first-order valence-electron chi connectivity index (χ1n) is 8.26. The first kappa shape index (κ1) is 17.0. The third-order valence-electron chi connectivity index (χ3n) is 4.89. The highest BCUT2D eigenvalue weighted by atomic mass is 127. The first-order chi connectivity index (χ1) is 12.0. The minimum Gasteiger partial charge on any atom is -0.504 e. The van der Waals surface area contributed by atoms with Gasteiger partial charge in [-0.1, -0.05) is 6.92 Å². The molecule has 0 saturated heterocycles. The smallest absolute Gasteiger partial charge is 0.256 e. The number of phenols is 1. The number of hydrogen-bond acceptors (Lipinski definition) is 5. The number of fused-ring (bicyclic) bond motifs is 3. The van der Waals surface area contributed by atoms with Crippen molar-refractivity contribution >= 4 is 44.8 Å². The van der Waals surface area contributed by atoms with Crippen molar-refractivity contribution in [1.82, 2.24) is 5.32 Å². The van der Waals surface area contributed by atoms with Crippen LogP contribution in [0, 0.1) is 9.49 Å². The summed E-state index contributed by atoms with van der Waals surface area (Å²) in [7, 11) is 1.52. The summed E-state index contributed by atoms with van der Waals surface area (Å²) in [6, 6.07) is 3.62. The predicted molar refractivity (Wildman–Crippen MR) is 107 cm³/mol. The molecular weight excluding hydrogens is 451 g/mol. The number of amides is 1. The van der Waals surface area contributed by atoms with Crippen LogP contribution in [0.4, 0.5) is 5.00 Å². The predicted octanol–water partition coefficient (Wildman–Crippen LogP) is 4.05. The number of ether oxygens (including phenoxy) is 1. The van der Waals surface area contributed by atoms with Gasteiger partial charge in [0.05, 0.1) is 16.2 Å². The fourth-order valence-electron chi connectivity index (χ4n) is 3.55. The largest absolute Gasteiger partial charge is 0.504 e. The average Bonchev–Trinajstić information content (AvgIpc) is 2.94. The molecule has 2 aromatic rings. The molecule has 1 aromatic carbocycles. The minimum atomic E-state index is -0.333. The van der Waals surface area contributed by atoms with E-state index < -0.39 is 0 Å². The van der Waals surface area contributed by atoms with Crippen molar-refractivity contribution in [3.05, 3.63) is 37.3 Å². The molecule has 1 amide bonds. The molecule has 1 aromatic heterocycles. The average molecular weight is 470 g/mol. The number of carbonyl (C=O) groups excluding carboxylic acids is 1. The van der Waals surface area contributed by atoms with Crippen LogP contribution in [-0.2, 0) is 12.8 Å². The number of halogens is 1. The van der Waals surface area contributed by atoms with E-state index in [1.54, 1.807) is 17.4 Å². The molecule has 3 N–H and O–H groups in total. The number of rotatable bonds is 2. The lowest BCUT2D eigenvalue weighted by molar-refractivity contribution is 0.0935. The van der Waals surface area contributed by atoms with Gasteiger partial charge >= 0.3 is 0 Å². The number of hydrogen-bond donors (Lipinski definition) is 3. The van der Waals surface area contributed by atoms with Gasteiger partial charge in [-0.05, 0) is 71.0 Å².